The number of rotatable bonds is 7. The molecular weight excluding hydrogens is 500 g/mol. The van der Waals surface area contributed by atoms with Crippen molar-refractivity contribution in [2.75, 3.05) is 7.05 Å². The number of primary amides is 1. The quantitative estimate of drug-likeness (QED) is 0.367. The number of aromatic amines is 1. The predicted molar refractivity (Wildman–Crippen MR) is 138 cm³/mol. The normalized spacial score (nSPS) is 11.7. The lowest BCUT2D eigenvalue weighted by atomic mass is 10.0. The molecule has 8 nitrogen and oxygen atoms in total. The van der Waals surface area contributed by atoms with Crippen molar-refractivity contribution in [1.29, 1.82) is 0 Å². The van der Waals surface area contributed by atoms with Crippen LogP contribution in [0.4, 0.5) is 0 Å². The van der Waals surface area contributed by atoms with Crippen molar-refractivity contribution < 1.29 is 18.0 Å². The van der Waals surface area contributed by atoms with Gasteiger partial charge in [0.1, 0.15) is 16.3 Å². The highest BCUT2D eigenvalue weighted by Gasteiger charge is 2.35. The molecule has 4 rings (SSSR count). The highest BCUT2D eigenvalue weighted by atomic mass is 35.5. The van der Waals surface area contributed by atoms with Gasteiger partial charge in [-0.05, 0) is 41.8 Å². The van der Waals surface area contributed by atoms with E-state index in [1.54, 1.807) is 57.4 Å². The topological polar surface area (TPSA) is 126 Å². The summed E-state index contributed by atoms with van der Waals surface area (Å²) >= 11 is 6.59. The Morgan fingerprint density at radius 3 is 2.39 bits per heavy atom. The molecule has 10 heteroatoms. The number of aromatic nitrogens is 2. The molecule has 4 aromatic rings. The van der Waals surface area contributed by atoms with E-state index in [0.29, 0.717) is 10.6 Å². The zero-order valence-corrected chi connectivity index (χ0v) is 21.5. The molecule has 0 aliphatic rings. The molecule has 186 valence electrons. The van der Waals surface area contributed by atoms with Crippen LogP contribution < -0.4 is 5.73 Å². The van der Waals surface area contributed by atoms with Crippen LogP contribution in [-0.4, -0.2) is 42.1 Å². The SMILES string of the molecule is CC(C)c1c(C(=O)N(C)Cc2ccc3ncccc3c2Cl)[nH]c(C(N)=O)c1S(=O)(=O)c1ccccc1. The highest BCUT2D eigenvalue weighted by molar-refractivity contribution is 7.91. The molecule has 0 spiro atoms. The van der Waals surface area contributed by atoms with E-state index in [1.165, 1.54) is 17.0 Å². The van der Waals surface area contributed by atoms with Crippen molar-refractivity contribution in [2.24, 2.45) is 5.73 Å². The van der Waals surface area contributed by atoms with Gasteiger partial charge < -0.3 is 15.6 Å². The van der Waals surface area contributed by atoms with Gasteiger partial charge in [0.05, 0.1) is 15.4 Å². The number of nitrogens with two attached hydrogens (primary N) is 1. The van der Waals surface area contributed by atoms with Gasteiger partial charge >= 0.3 is 0 Å². The summed E-state index contributed by atoms with van der Waals surface area (Å²) in [5.41, 5.74) is 6.86. The molecule has 36 heavy (non-hydrogen) atoms. The van der Waals surface area contributed by atoms with Crippen LogP contribution in [0.3, 0.4) is 0 Å². The van der Waals surface area contributed by atoms with E-state index in [9.17, 15) is 18.0 Å². The number of sulfone groups is 1. The summed E-state index contributed by atoms with van der Waals surface area (Å²) in [6.45, 7) is 3.65. The minimum atomic E-state index is -4.15. The fraction of sp³-hybridized carbons (Fsp3) is 0.192. The summed E-state index contributed by atoms with van der Waals surface area (Å²) < 4.78 is 27.1. The Bertz CT molecular complexity index is 1580. The van der Waals surface area contributed by atoms with Gasteiger partial charge in [0.25, 0.3) is 11.8 Å². The summed E-state index contributed by atoms with van der Waals surface area (Å²) in [7, 11) is -2.57. The maximum absolute atomic E-state index is 13.6. The molecule has 0 bridgehead atoms. The number of carbonyl (C=O) groups excluding carboxylic acids is 2. The first-order valence-electron chi connectivity index (χ1n) is 11.2. The first-order valence-corrected chi connectivity index (χ1v) is 13.0. The van der Waals surface area contributed by atoms with E-state index in [0.717, 1.165) is 10.9 Å². The molecule has 2 amide bonds. The number of nitrogens with zero attached hydrogens (tertiary/aromatic N) is 2. The molecule has 2 aromatic heterocycles. The Kier molecular flexibility index (Phi) is 6.88. The molecule has 0 unspecified atom stereocenters. The van der Waals surface area contributed by atoms with Crippen molar-refractivity contribution in [3.63, 3.8) is 0 Å². The number of nitrogens with one attached hydrogen (secondary N) is 1. The molecule has 2 heterocycles. The third-order valence-electron chi connectivity index (χ3n) is 5.90. The first kappa shape index (κ1) is 25.4. The summed E-state index contributed by atoms with van der Waals surface area (Å²) in [4.78, 5) is 34.1. The van der Waals surface area contributed by atoms with Gasteiger partial charge in [-0.25, -0.2) is 8.42 Å². The number of halogens is 1. The highest BCUT2D eigenvalue weighted by Crippen LogP contribution is 2.35. The Morgan fingerprint density at radius 1 is 1.06 bits per heavy atom. The van der Waals surface area contributed by atoms with Gasteiger partial charge in [0, 0.05) is 30.7 Å². The monoisotopic (exact) mass is 524 g/mol. The van der Waals surface area contributed by atoms with Crippen LogP contribution in [0, 0.1) is 0 Å². The number of H-pyrrole nitrogens is 1. The van der Waals surface area contributed by atoms with Crippen LogP contribution in [-0.2, 0) is 16.4 Å². The lowest BCUT2D eigenvalue weighted by molar-refractivity contribution is 0.0778. The van der Waals surface area contributed by atoms with Crippen LogP contribution in [0.15, 0.2) is 70.6 Å². The molecular formula is C26H25ClN4O4S. The van der Waals surface area contributed by atoms with Gasteiger partial charge in [-0.1, -0.05) is 49.7 Å². The van der Waals surface area contributed by atoms with E-state index < -0.39 is 27.6 Å². The molecule has 0 atom stereocenters. The molecule has 0 radical (unpaired) electrons. The van der Waals surface area contributed by atoms with Gasteiger partial charge in [0.15, 0.2) is 0 Å². The van der Waals surface area contributed by atoms with Crippen molar-refractivity contribution in [3.05, 3.63) is 88.3 Å². The van der Waals surface area contributed by atoms with Crippen molar-refractivity contribution >= 4 is 44.2 Å². The summed E-state index contributed by atoms with van der Waals surface area (Å²) in [6.07, 6.45) is 1.67. The molecule has 0 aliphatic carbocycles. The number of amides is 2. The lowest BCUT2D eigenvalue weighted by Crippen LogP contribution is -2.28. The largest absolute Gasteiger partial charge is 0.364 e. The number of fused-ring (bicyclic) bond motifs is 1. The van der Waals surface area contributed by atoms with Crippen molar-refractivity contribution in [1.82, 2.24) is 14.9 Å². The average molecular weight is 525 g/mol. The van der Waals surface area contributed by atoms with E-state index in [4.69, 9.17) is 17.3 Å². The van der Waals surface area contributed by atoms with Crippen LogP contribution in [0.1, 0.15) is 51.9 Å². The maximum Gasteiger partial charge on any atom is 0.270 e. The number of benzene rings is 2. The van der Waals surface area contributed by atoms with E-state index in [1.807, 2.05) is 12.1 Å². The van der Waals surface area contributed by atoms with Gasteiger partial charge in [0.2, 0.25) is 9.84 Å². The zero-order valence-electron chi connectivity index (χ0n) is 19.9. The standard InChI is InChI=1S/C26H25ClN4O4S/c1-15(2)20-22(30-23(25(28)32)24(20)36(34,35)17-8-5-4-6-9-17)26(33)31(3)14-16-11-12-19-18(21(16)27)10-7-13-29-19/h4-13,15,30H,14H2,1-3H3,(H2,28,32). The molecule has 0 saturated carbocycles. The predicted octanol–water partition coefficient (Wildman–Crippen LogP) is 4.54. The fourth-order valence-corrected chi connectivity index (χ4v) is 6.27. The van der Waals surface area contributed by atoms with E-state index in [2.05, 4.69) is 9.97 Å². The smallest absolute Gasteiger partial charge is 0.270 e. The van der Waals surface area contributed by atoms with E-state index in [-0.39, 0.29) is 33.3 Å². The third kappa shape index (κ3) is 4.47. The Morgan fingerprint density at radius 2 is 1.75 bits per heavy atom. The van der Waals surface area contributed by atoms with Crippen molar-refractivity contribution in [2.45, 2.75) is 36.1 Å². The molecule has 2 aromatic carbocycles. The Balaban J connectivity index is 1.80. The van der Waals surface area contributed by atoms with Crippen LogP contribution in [0.5, 0.6) is 0 Å². The Hall–Kier alpha value is -3.69. The zero-order chi connectivity index (χ0) is 26.2. The molecule has 0 aliphatic heterocycles. The van der Waals surface area contributed by atoms with Crippen LogP contribution in [0.25, 0.3) is 10.9 Å². The third-order valence-corrected chi connectivity index (χ3v) is 8.21. The average Bonchev–Trinajstić information content (AvgIpc) is 3.28. The maximum atomic E-state index is 13.6. The van der Waals surface area contributed by atoms with Crippen LogP contribution in [0.2, 0.25) is 5.02 Å². The summed E-state index contributed by atoms with van der Waals surface area (Å²) in [6, 6.07) is 15.0. The van der Waals surface area contributed by atoms with Gasteiger partial charge in [-0.15, -0.1) is 0 Å². The van der Waals surface area contributed by atoms with Crippen molar-refractivity contribution in [3.8, 4) is 0 Å². The summed E-state index contributed by atoms with van der Waals surface area (Å²) in [5.74, 6) is -1.89. The minimum absolute atomic E-state index is 0.00249. The lowest BCUT2D eigenvalue weighted by Gasteiger charge is -2.20. The second-order valence-corrected chi connectivity index (χ2v) is 11.0. The second kappa shape index (κ2) is 9.75. The van der Waals surface area contributed by atoms with Gasteiger partial charge in [-0.2, -0.15) is 0 Å². The summed E-state index contributed by atoms with van der Waals surface area (Å²) in [5, 5.41) is 1.23. The molecule has 3 N–H and O–H groups in total. The van der Waals surface area contributed by atoms with Crippen LogP contribution >= 0.6 is 11.6 Å². The number of hydrogen-bond donors (Lipinski definition) is 2. The first-order chi connectivity index (χ1) is 17.0. The number of hydrogen-bond acceptors (Lipinski definition) is 5. The minimum Gasteiger partial charge on any atom is -0.364 e. The number of pyridine rings is 1. The van der Waals surface area contributed by atoms with Gasteiger partial charge in [-0.3, -0.25) is 14.6 Å². The molecule has 0 fully saturated rings. The Labute approximate surface area is 214 Å². The fourth-order valence-electron chi connectivity index (χ4n) is 4.19. The second-order valence-electron chi connectivity index (χ2n) is 8.72. The van der Waals surface area contributed by atoms with E-state index >= 15 is 0 Å². The number of carbonyl (C=O) groups is 2. The molecule has 0 saturated heterocycles.